The van der Waals surface area contributed by atoms with E-state index in [2.05, 4.69) is 32.3 Å². The van der Waals surface area contributed by atoms with Gasteiger partial charge in [0.25, 0.3) is 6.43 Å². The van der Waals surface area contributed by atoms with Crippen LogP contribution in [0.1, 0.15) is 69.8 Å². The zero-order valence-corrected chi connectivity index (χ0v) is 19.1. The van der Waals surface area contributed by atoms with Gasteiger partial charge < -0.3 is 9.72 Å². The van der Waals surface area contributed by atoms with Crippen LogP contribution in [-0.4, -0.2) is 28.0 Å². The number of carbonyl (C=O) groups is 1. The van der Waals surface area contributed by atoms with Crippen molar-refractivity contribution in [3.8, 4) is 0 Å². The molecule has 0 aliphatic rings. The predicted molar refractivity (Wildman–Crippen MR) is 116 cm³/mol. The molecule has 1 atom stereocenters. The maximum absolute atomic E-state index is 14.1. The number of esters is 1. The molecule has 0 radical (unpaired) electrons. The van der Waals surface area contributed by atoms with E-state index < -0.39 is 46.3 Å². The Kier molecular flexibility index (Phi) is 7.01. The Bertz CT molecular complexity index is 1190. The largest absolute Gasteiger partial charge is 0.465 e. The SMILES string of the molecule is COC(=O)c1c(C(F)F)nc(C(F)(F)F)c(C(S)c2nc3cc(C)ccc3[nH]2)c1CC(C)C. The van der Waals surface area contributed by atoms with E-state index in [-0.39, 0.29) is 23.7 Å². The first-order valence-corrected chi connectivity index (χ1v) is 10.5. The zero-order valence-electron chi connectivity index (χ0n) is 18.2. The second-order valence-electron chi connectivity index (χ2n) is 8.05. The van der Waals surface area contributed by atoms with E-state index in [0.717, 1.165) is 12.7 Å². The molecule has 3 rings (SSSR count). The number of methoxy groups -OCH3 is 1. The third-order valence-electron chi connectivity index (χ3n) is 5.04. The normalized spacial score (nSPS) is 13.2. The van der Waals surface area contributed by atoms with Gasteiger partial charge in [0, 0.05) is 5.56 Å². The molecule has 33 heavy (non-hydrogen) atoms. The van der Waals surface area contributed by atoms with Crippen LogP contribution in [0.2, 0.25) is 0 Å². The Balaban J connectivity index is 2.40. The fraction of sp³-hybridized carbons (Fsp3) is 0.409. The van der Waals surface area contributed by atoms with Crippen LogP contribution < -0.4 is 0 Å². The minimum atomic E-state index is -5.08. The molecule has 2 heterocycles. The highest BCUT2D eigenvalue weighted by Gasteiger charge is 2.42. The van der Waals surface area contributed by atoms with Crippen molar-refractivity contribution in [2.45, 2.75) is 45.0 Å². The number of carbonyl (C=O) groups excluding carboxylic acids is 1. The molecule has 0 aliphatic carbocycles. The quantitative estimate of drug-likeness (QED) is 0.246. The van der Waals surface area contributed by atoms with Crippen LogP contribution in [0.3, 0.4) is 0 Å². The third kappa shape index (κ3) is 4.97. The maximum Gasteiger partial charge on any atom is 0.433 e. The number of aromatic nitrogens is 3. The van der Waals surface area contributed by atoms with E-state index in [1.165, 1.54) is 0 Å². The fourth-order valence-corrected chi connectivity index (χ4v) is 4.09. The van der Waals surface area contributed by atoms with Crippen molar-refractivity contribution >= 4 is 29.6 Å². The van der Waals surface area contributed by atoms with Crippen LogP contribution in [0.5, 0.6) is 0 Å². The predicted octanol–water partition coefficient (Wildman–Crippen LogP) is 6.23. The molecule has 1 N–H and O–H groups in total. The number of hydrogen-bond donors (Lipinski definition) is 2. The van der Waals surface area contributed by atoms with Gasteiger partial charge in [-0.05, 0) is 42.5 Å². The summed E-state index contributed by atoms with van der Waals surface area (Å²) in [7, 11) is 0.966. The van der Waals surface area contributed by atoms with Gasteiger partial charge in [0.05, 0.1) is 29.0 Å². The number of aromatic amines is 1. The van der Waals surface area contributed by atoms with Crippen LogP contribution in [0.4, 0.5) is 22.0 Å². The lowest BCUT2D eigenvalue weighted by atomic mass is 9.89. The number of thiol groups is 1. The Morgan fingerprint density at radius 2 is 1.88 bits per heavy atom. The van der Waals surface area contributed by atoms with Gasteiger partial charge >= 0.3 is 12.1 Å². The van der Waals surface area contributed by atoms with Gasteiger partial charge in [-0.2, -0.15) is 25.8 Å². The molecule has 0 spiro atoms. The highest BCUT2D eigenvalue weighted by Crippen LogP contribution is 2.43. The third-order valence-corrected chi connectivity index (χ3v) is 5.54. The molecule has 0 saturated heterocycles. The summed E-state index contributed by atoms with van der Waals surface area (Å²) < 4.78 is 74.4. The Hall–Kier alpha value is -2.69. The average molecular weight is 487 g/mol. The summed E-state index contributed by atoms with van der Waals surface area (Å²) in [5, 5.41) is -1.33. The van der Waals surface area contributed by atoms with Crippen molar-refractivity contribution in [2.75, 3.05) is 7.11 Å². The van der Waals surface area contributed by atoms with Crippen molar-refractivity contribution in [3.63, 3.8) is 0 Å². The van der Waals surface area contributed by atoms with Crippen molar-refractivity contribution in [1.82, 2.24) is 15.0 Å². The van der Waals surface area contributed by atoms with Crippen LogP contribution in [0, 0.1) is 12.8 Å². The van der Waals surface area contributed by atoms with Crippen LogP contribution in [-0.2, 0) is 17.3 Å². The minimum Gasteiger partial charge on any atom is -0.465 e. The highest BCUT2D eigenvalue weighted by atomic mass is 32.1. The van der Waals surface area contributed by atoms with E-state index in [1.54, 1.807) is 32.0 Å². The van der Waals surface area contributed by atoms with Crippen molar-refractivity contribution in [2.24, 2.45) is 5.92 Å². The fourth-order valence-electron chi connectivity index (χ4n) is 3.69. The molecular formula is C22H22F5N3O2S. The first-order chi connectivity index (χ1) is 15.3. The van der Waals surface area contributed by atoms with Gasteiger partial charge in [-0.3, -0.25) is 0 Å². The molecule has 0 saturated carbocycles. The van der Waals surface area contributed by atoms with Crippen LogP contribution in [0.25, 0.3) is 11.0 Å². The molecule has 0 amide bonds. The number of fused-ring (bicyclic) bond motifs is 1. The molecule has 178 valence electrons. The summed E-state index contributed by atoms with van der Waals surface area (Å²) in [6.45, 7) is 5.22. The van der Waals surface area contributed by atoms with Gasteiger partial charge in [0.1, 0.15) is 17.2 Å². The number of alkyl halides is 5. The second-order valence-corrected chi connectivity index (χ2v) is 8.56. The molecule has 0 fully saturated rings. The van der Waals surface area contributed by atoms with Crippen LogP contribution in [0.15, 0.2) is 18.2 Å². The van der Waals surface area contributed by atoms with Crippen molar-refractivity contribution in [3.05, 3.63) is 57.7 Å². The Morgan fingerprint density at radius 1 is 1.21 bits per heavy atom. The summed E-state index contributed by atoms with van der Waals surface area (Å²) >= 11 is 4.40. The maximum atomic E-state index is 14.1. The van der Waals surface area contributed by atoms with E-state index in [1.807, 2.05) is 6.92 Å². The molecular weight excluding hydrogens is 465 g/mol. The topological polar surface area (TPSA) is 67.9 Å². The number of H-pyrrole nitrogens is 1. The first-order valence-electron chi connectivity index (χ1n) is 9.99. The number of nitrogens with one attached hydrogen (secondary N) is 1. The van der Waals surface area contributed by atoms with E-state index >= 15 is 0 Å². The van der Waals surface area contributed by atoms with Gasteiger partial charge in [0.15, 0.2) is 0 Å². The summed E-state index contributed by atoms with van der Waals surface area (Å²) in [6.07, 6.45) is -8.61. The lowest BCUT2D eigenvalue weighted by molar-refractivity contribution is -0.142. The van der Waals surface area contributed by atoms with Gasteiger partial charge in [0.2, 0.25) is 0 Å². The number of pyridine rings is 1. The van der Waals surface area contributed by atoms with Crippen molar-refractivity contribution in [1.29, 1.82) is 0 Å². The average Bonchev–Trinajstić information content (AvgIpc) is 3.13. The number of imidazole rings is 1. The van der Waals surface area contributed by atoms with E-state index in [9.17, 15) is 26.7 Å². The lowest BCUT2D eigenvalue weighted by Crippen LogP contribution is -2.24. The second kappa shape index (κ2) is 9.28. The lowest BCUT2D eigenvalue weighted by Gasteiger charge is -2.24. The number of hydrogen-bond acceptors (Lipinski definition) is 5. The minimum absolute atomic E-state index is 0.0665. The number of halogens is 5. The molecule has 1 aromatic carbocycles. The summed E-state index contributed by atoms with van der Waals surface area (Å²) in [4.78, 5) is 23.0. The molecule has 11 heteroatoms. The number of rotatable bonds is 6. The highest BCUT2D eigenvalue weighted by molar-refractivity contribution is 7.80. The zero-order chi connectivity index (χ0) is 24.7. The van der Waals surface area contributed by atoms with Gasteiger partial charge in [-0.15, -0.1) is 0 Å². The van der Waals surface area contributed by atoms with E-state index in [4.69, 9.17) is 0 Å². The molecule has 2 aromatic heterocycles. The Labute approximate surface area is 192 Å². The standard InChI is InChI=1S/C22H22F5N3O2S/c1-9(2)7-11-14(21(31)32-4)16(19(23)24)30-18(22(25,26)27)15(11)17(33)20-28-12-6-5-10(3)8-13(12)29-20/h5-6,8-9,17,19,33H,7H2,1-4H3,(H,28,29). The molecule has 5 nitrogen and oxygen atoms in total. The molecule has 3 aromatic rings. The van der Waals surface area contributed by atoms with Gasteiger partial charge in [-0.1, -0.05) is 19.9 Å². The first kappa shape index (κ1) is 24.9. The molecule has 1 unspecified atom stereocenters. The summed E-state index contributed by atoms with van der Waals surface area (Å²) in [5.41, 5.74) is -2.23. The summed E-state index contributed by atoms with van der Waals surface area (Å²) in [6, 6.07) is 5.27. The smallest absolute Gasteiger partial charge is 0.433 e. The molecule has 0 aliphatic heterocycles. The summed E-state index contributed by atoms with van der Waals surface area (Å²) in [5.74, 6) is -1.40. The number of ether oxygens (including phenoxy) is 1. The van der Waals surface area contributed by atoms with Crippen LogP contribution >= 0.6 is 12.6 Å². The number of aryl methyl sites for hydroxylation is 1. The Morgan fingerprint density at radius 3 is 2.42 bits per heavy atom. The van der Waals surface area contributed by atoms with Gasteiger partial charge in [-0.25, -0.2) is 23.5 Å². The number of nitrogens with zero attached hydrogens (tertiary/aromatic N) is 2. The number of benzene rings is 1. The van der Waals surface area contributed by atoms with E-state index in [0.29, 0.717) is 11.0 Å². The monoisotopic (exact) mass is 487 g/mol. The molecule has 0 bridgehead atoms. The van der Waals surface area contributed by atoms with Crippen molar-refractivity contribution < 1.29 is 31.5 Å².